The molecule has 0 bridgehead atoms. The summed E-state index contributed by atoms with van der Waals surface area (Å²) in [6.45, 7) is 1.72. The second-order valence-electron chi connectivity index (χ2n) is 4.47. The van der Waals surface area contributed by atoms with E-state index in [4.69, 9.17) is 0 Å². The van der Waals surface area contributed by atoms with Gasteiger partial charge >= 0.3 is 5.69 Å². The van der Waals surface area contributed by atoms with E-state index in [2.05, 4.69) is 5.32 Å². The molecule has 0 radical (unpaired) electrons. The Morgan fingerprint density at radius 3 is 2.50 bits per heavy atom. The largest absolute Gasteiger partial charge is 0.376 e. The number of nitro benzene ring substituents is 1. The van der Waals surface area contributed by atoms with Crippen LogP contribution in [0.1, 0.15) is 6.92 Å². The zero-order valence-electron chi connectivity index (χ0n) is 11.3. The third kappa shape index (κ3) is 4.27. The highest BCUT2D eigenvalue weighted by atomic mass is 32.2. The van der Waals surface area contributed by atoms with Gasteiger partial charge in [0.2, 0.25) is 0 Å². The van der Waals surface area contributed by atoms with E-state index in [0.717, 1.165) is 6.26 Å². The molecule has 1 rings (SSSR count). The Bertz CT molecular complexity index is 642. The predicted molar refractivity (Wildman–Crippen MR) is 78.2 cm³/mol. The Hall–Kier alpha value is -1.48. The molecule has 0 fully saturated rings. The van der Waals surface area contributed by atoms with Crippen LogP contribution < -0.4 is 5.32 Å². The average Bonchev–Trinajstić information content (AvgIpc) is 2.25. The summed E-state index contributed by atoms with van der Waals surface area (Å²) in [6.07, 6.45) is 2.45. The minimum absolute atomic E-state index is 0.107. The quantitative estimate of drug-likeness (QED) is 0.623. The molecular weight excluding hydrogens is 304 g/mol. The van der Waals surface area contributed by atoms with Gasteiger partial charge in [-0.05, 0) is 19.1 Å². The molecule has 1 aromatic rings. The lowest BCUT2D eigenvalue weighted by Crippen LogP contribution is -2.23. The van der Waals surface area contributed by atoms with Crippen molar-refractivity contribution in [3.63, 3.8) is 0 Å². The summed E-state index contributed by atoms with van der Waals surface area (Å²) in [5, 5.41) is 14.0. The monoisotopic (exact) mass is 320 g/mol. The van der Waals surface area contributed by atoms with Crippen molar-refractivity contribution in [2.24, 2.45) is 0 Å². The number of anilines is 1. The average molecular weight is 320 g/mol. The minimum atomic E-state index is -3.70. The van der Waals surface area contributed by atoms with Crippen molar-refractivity contribution >= 4 is 32.0 Å². The van der Waals surface area contributed by atoms with Crippen LogP contribution in [-0.4, -0.2) is 41.9 Å². The summed E-state index contributed by atoms with van der Waals surface area (Å²) in [6, 6.07) is 3.78. The topological polar surface area (TPSA) is 106 Å². The smallest absolute Gasteiger partial charge is 0.310 e. The van der Waals surface area contributed by atoms with E-state index in [9.17, 15) is 22.7 Å². The van der Waals surface area contributed by atoms with Gasteiger partial charge in [-0.3, -0.25) is 14.3 Å². The number of nitro groups is 1. The lowest BCUT2D eigenvalue weighted by Gasteiger charge is -2.15. The van der Waals surface area contributed by atoms with Crippen molar-refractivity contribution < 1.29 is 17.6 Å². The molecule has 7 nitrogen and oxygen atoms in total. The van der Waals surface area contributed by atoms with Crippen LogP contribution in [0.15, 0.2) is 23.1 Å². The predicted octanol–water partition coefficient (Wildman–Crippen LogP) is 1.18. The summed E-state index contributed by atoms with van der Waals surface area (Å²) in [4.78, 5) is 10.1. The fourth-order valence-electron chi connectivity index (χ4n) is 1.79. The maximum absolute atomic E-state index is 11.6. The molecule has 0 aliphatic rings. The van der Waals surface area contributed by atoms with E-state index in [-0.39, 0.29) is 16.6 Å². The molecule has 2 atom stereocenters. The van der Waals surface area contributed by atoms with Gasteiger partial charge in [0.1, 0.15) is 10.6 Å². The summed E-state index contributed by atoms with van der Waals surface area (Å²) >= 11 is 0. The van der Waals surface area contributed by atoms with Crippen molar-refractivity contribution in [2.75, 3.05) is 23.6 Å². The normalized spacial score (nSPS) is 14.6. The Labute approximate surface area is 119 Å². The maximum Gasteiger partial charge on any atom is 0.310 e. The van der Waals surface area contributed by atoms with Crippen LogP contribution in [0.3, 0.4) is 0 Å². The summed E-state index contributed by atoms with van der Waals surface area (Å²) in [5.74, 6) is 0.306. The second kappa shape index (κ2) is 6.31. The fourth-order valence-corrected chi connectivity index (χ4v) is 3.43. The zero-order chi connectivity index (χ0) is 15.5. The molecule has 0 saturated carbocycles. The molecule has 112 valence electrons. The van der Waals surface area contributed by atoms with E-state index < -0.39 is 31.2 Å². The Kier molecular flexibility index (Phi) is 5.23. The standard InChI is InChI=1S/C11H16N2O5S2/c1-8(7-19(2)16)12-9-5-4-6-10(20(3,17)18)11(9)13(14)15/h4-6,8,12H,7H2,1-3H3. The maximum atomic E-state index is 11.6. The SMILES string of the molecule is CC(CS(C)=O)Nc1cccc(S(C)(=O)=O)c1[N+](=O)[O-]. The molecule has 20 heavy (non-hydrogen) atoms. The van der Waals surface area contributed by atoms with Gasteiger partial charge < -0.3 is 5.32 Å². The lowest BCUT2D eigenvalue weighted by molar-refractivity contribution is -0.386. The van der Waals surface area contributed by atoms with Gasteiger partial charge in [0.25, 0.3) is 0 Å². The molecule has 0 spiro atoms. The summed E-state index contributed by atoms with van der Waals surface area (Å²) < 4.78 is 34.3. The van der Waals surface area contributed by atoms with Crippen LogP contribution in [0.4, 0.5) is 11.4 Å². The number of rotatable bonds is 6. The highest BCUT2D eigenvalue weighted by Crippen LogP contribution is 2.32. The van der Waals surface area contributed by atoms with Gasteiger partial charge in [0.05, 0.1) is 4.92 Å². The van der Waals surface area contributed by atoms with Crippen molar-refractivity contribution in [3.05, 3.63) is 28.3 Å². The van der Waals surface area contributed by atoms with E-state index in [1.165, 1.54) is 24.5 Å². The molecule has 1 aromatic carbocycles. The van der Waals surface area contributed by atoms with E-state index in [1.807, 2.05) is 0 Å². The van der Waals surface area contributed by atoms with Gasteiger partial charge in [-0.2, -0.15) is 0 Å². The highest BCUT2D eigenvalue weighted by Gasteiger charge is 2.26. The van der Waals surface area contributed by atoms with Gasteiger partial charge in [-0.1, -0.05) is 6.07 Å². The molecule has 0 amide bonds. The third-order valence-electron chi connectivity index (χ3n) is 2.47. The van der Waals surface area contributed by atoms with E-state index >= 15 is 0 Å². The second-order valence-corrected chi connectivity index (χ2v) is 7.93. The van der Waals surface area contributed by atoms with Crippen molar-refractivity contribution in [1.29, 1.82) is 0 Å². The van der Waals surface area contributed by atoms with Crippen molar-refractivity contribution in [3.8, 4) is 0 Å². The van der Waals surface area contributed by atoms with Crippen LogP contribution in [0.2, 0.25) is 0 Å². The molecule has 0 aromatic heterocycles. The molecule has 0 saturated heterocycles. The summed E-state index contributed by atoms with van der Waals surface area (Å²) in [5.41, 5.74) is -0.375. The van der Waals surface area contributed by atoms with Crippen molar-refractivity contribution in [2.45, 2.75) is 17.9 Å². The number of sulfone groups is 1. The number of hydrogen-bond acceptors (Lipinski definition) is 6. The number of para-hydroxylation sites is 1. The number of nitrogens with one attached hydrogen (secondary N) is 1. The lowest BCUT2D eigenvalue weighted by atomic mass is 10.2. The van der Waals surface area contributed by atoms with Gasteiger partial charge in [-0.25, -0.2) is 8.42 Å². The molecule has 0 heterocycles. The van der Waals surface area contributed by atoms with Crippen LogP contribution in [0.5, 0.6) is 0 Å². The van der Waals surface area contributed by atoms with Crippen molar-refractivity contribution in [1.82, 2.24) is 0 Å². The Morgan fingerprint density at radius 2 is 2.05 bits per heavy atom. The van der Waals surface area contributed by atoms with Gasteiger partial charge in [0, 0.05) is 35.1 Å². The zero-order valence-corrected chi connectivity index (χ0v) is 13.0. The number of hydrogen-bond donors (Lipinski definition) is 1. The molecule has 0 aliphatic carbocycles. The first-order valence-corrected chi connectivity index (χ1v) is 9.28. The minimum Gasteiger partial charge on any atom is -0.376 e. The highest BCUT2D eigenvalue weighted by molar-refractivity contribution is 7.90. The van der Waals surface area contributed by atoms with E-state index in [1.54, 1.807) is 6.92 Å². The molecule has 2 unspecified atom stereocenters. The van der Waals surface area contributed by atoms with Crippen LogP contribution >= 0.6 is 0 Å². The molecular formula is C11H16N2O5S2. The van der Waals surface area contributed by atoms with Gasteiger partial charge in [0.15, 0.2) is 9.84 Å². The van der Waals surface area contributed by atoms with E-state index in [0.29, 0.717) is 5.75 Å². The Morgan fingerprint density at radius 1 is 1.45 bits per heavy atom. The number of nitrogens with zero attached hydrogens (tertiary/aromatic N) is 1. The van der Waals surface area contributed by atoms with Gasteiger partial charge in [-0.15, -0.1) is 0 Å². The first kappa shape index (κ1) is 16.6. The fraction of sp³-hybridized carbons (Fsp3) is 0.455. The molecule has 1 N–H and O–H groups in total. The number of benzene rings is 1. The summed E-state index contributed by atoms with van der Waals surface area (Å²) in [7, 11) is -4.76. The third-order valence-corrected chi connectivity index (χ3v) is 4.57. The molecule has 9 heteroatoms. The molecule has 0 aliphatic heterocycles. The van der Waals surface area contributed by atoms with Crippen LogP contribution in [-0.2, 0) is 20.6 Å². The van der Waals surface area contributed by atoms with Crippen LogP contribution in [0.25, 0.3) is 0 Å². The first-order valence-electron chi connectivity index (χ1n) is 5.67. The Balaban J connectivity index is 3.27. The first-order chi connectivity index (χ1) is 9.12. The van der Waals surface area contributed by atoms with Crippen LogP contribution in [0, 0.1) is 10.1 Å².